The maximum absolute atomic E-state index is 4.65. The zero-order valence-electron chi connectivity index (χ0n) is 16.9. The quantitative estimate of drug-likeness (QED) is 0.431. The normalized spacial score (nSPS) is 10.8. The highest BCUT2D eigenvalue weighted by molar-refractivity contribution is 7.99. The van der Waals surface area contributed by atoms with Crippen LogP contribution < -0.4 is 14.9 Å². The van der Waals surface area contributed by atoms with Crippen molar-refractivity contribution in [1.29, 1.82) is 0 Å². The van der Waals surface area contributed by atoms with Crippen LogP contribution in [0.25, 0.3) is 17.1 Å². The van der Waals surface area contributed by atoms with E-state index >= 15 is 0 Å². The van der Waals surface area contributed by atoms with E-state index in [2.05, 4.69) is 42.2 Å². The molecule has 2 N–H and O–H groups in total. The van der Waals surface area contributed by atoms with Crippen molar-refractivity contribution < 1.29 is 0 Å². The molecule has 9 nitrogen and oxygen atoms in total. The van der Waals surface area contributed by atoms with E-state index in [1.807, 2.05) is 43.0 Å². The molecule has 0 saturated heterocycles. The van der Waals surface area contributed by atoms with Crippen LogP contribution in [-0.4, -0.2) is 43.0 Å². The number of nitrogens with one attached hydrogen (secondary N) is 2. The molecule has 10 heteroatoms. The highest BCUT2D eigenvalue weighted by Gasteiger charge is 2.16. The van der Waals surface area contributed by atoms with Gasteiger partial charge in [0, 0.05) is 50.7 Å². The average molecular weight is 420 g/mol. The summed E-state index contributed by atoms with van der Waals surface area (Å²) >= 11 is 1.59. The van der Waals surface area contributed by atoms with E-state index in [-0.39, 0.29) is 0 Å². The van der Waals surface area contributed by atoms with E-state index in [9.17, 15) is 0 Å². The Kier molecular flexibility index (Phi) is 5.48. The number of hydrogen-bond donors (Lipinski definition) is 2. The van der Waals surface area contributed by atoms with Crippen LogP contribution in [0.4, 0.5) is 28.8 Å². The van der Waals surface area contributed by atoms with Crippen LogP contribution in [0.1, 0.15) is 5.56 Å². The van der Waals surface area contributed by atoms with Gasteiger partial charge in [-0.1, -0.05) is 24.6 Å². The van der Waals surface area contributed by atoms with Gasteiger partial charge in [-0.3, -0.25) is 14.6 Å². The predicted octanol–water partition coefficient (Wildman–Crippen LogP) is 4.00. The van der Waals surface area contributed by atoms with Gasteiger partial charge in [0.15, 0.2) is 0 Å². The summed E-state index contributed by atoms with van der Waals surface area (Å²) in [5.74, 6) is 1.09. The van der Waals surface area contributed by atoms with Crippen LogP contribution in [0.2, 0.25) is 0 Å². The number of benzene rings is 1. The van der Waals surface area contributed by atoms with Crippen LogP contribution in [0.5, 0.6) is 0 Å². The average Bonchev–Trinajstić information content (AvgIpc) is 3.17. The number of rotatable bonds is 7. The van der Waals surface area contributed by atoms with Crippen molar-refractivity contribution in [2.45, 2.75) is 0 Å². The molecule has 0 aliphatic rings. The Morgan fingerprint density at radius 2 is 1.97 bits per heavy atom. The van der Waals surface area contributed by atoms with Gasteiger partial charge in [0.25, 0.3) is 0 Å². The second-order valence-electron chi connectivity index (χ2n) is 6.42. The van der Waals surface area contributed by atoms with Crippen molar-refractivity contribution in [2.24, 2.45) is 7.05 Å². The summed E-state index contributed by atoms with van der Waals surface area (Å²) in [6.07, 6.45) is 12.4. The molecule has 0 atom stereocenters. The van der Waals surface area contributed by atoms with Gasteiger partial charge < -0.3 is 14.9 Å². The lowest BCUT2D eigenvalue weighted by Gasteiger charge is -2.22. The van der Waals surface area contributed by atoms with Crippen molar-refractivity contribution in [3.8, 4) is 0 Å². The minimum atomic E-state index is 0.455. The van der Waals surface area contributed by atoms with Gasteiger partial charge in [-0.05, 0) is 12.1 Å². The third-order valence-corrected chi connectivity index (χ3v) is 5.18. The maximum Gasteiger partial charge on any atom is 0.229 e. The van der Waals surface area contributed by atoms with E-state index in [0.29, 0.717) is 11.8 Å². The lowest BCUT2D eigenvalue weighted by Crippen LogP contribution is -2.10. The van der Waals surface area contributed by atoms with Gasteiger partial charge in [0.1, 0.15) is 11.3 Å². The Morgan fingerprint density at radius 1 is 1.13 bits per heavy atom. The summed E-state index contributed by atoms with van der Waals surface area (Å²) in [5, 5.41) is 10.7. The van der Waals surface area contributed by atoms with Crippen molar-refractivity contribution in [3.05, 3.63) is 55.3 Å². The molecule has 1 aromatic carbocycles. The van der Waals surface area contributed by atoms with Crippen LogP contribution in [0, 0.1) is 0 Å². The fourth-order valence-electron chi connectivity index (χ4n) is 2.98. The summed E-state index contributed by atoms with van der Waals surface area (Å²) < 4.78 is 3.75. The zero-order valence-corrected chi connectivity index (χ0v) is 17.7. The van der Waals surface area contributed by atoms with E-state index in [4.69, 9.17) is 0 Å². The number of hydrogen-bond acceptors (Lipinski definition) is 9. The standard InChI is InChI=1S/C20H21N9S/c1-5-13-10-23-20(25-14-11-24-28(2)12-14)27-19(13)26-16-7-6-15-17(22-9-8-21-15)18(16)29(3)30-4/h5-12H,1H2,2-4H3,(H2,23,25,26,27). The Labute approximate surface area is 178 Å². The van der Waals surface area contributed by atoms with Crippen molar-refractivity contribution in [1.82, 2.24) is 29.7 Å². The third-order valence-electron chi connectivity index (χ3n) is 4.45. The molecule has 4 aromatic rings. The van der Waals surface area contributed by atoms with Crippen LogP contribution in [0.3, 0.4) is 0 Å². The molecule has 0 aliphatic carbocycles. The monoisotopic (exact) mass is 419 g/mol. The second kappa shape index (κ2) is 8.37. The molecule has 0 unspecified atom stereocenters. The van der Waals surface area contributed by atoms with Gasteiger partial charge in [-0.25, -0.2) is 4.98 Å². The summed E-state index contributed by atoms with van der Waals surface area (Å²) in [7, 11) is 3.84. The van der Waals surface area contributed by atoms with Gasteiger partial charge in [0.05, 0.1) is 28.8 Å². The Balaban J connectivity index is 1.75. The molecule has 152 valence electrons. The van der Waals surface area contributed by atoms with Gasteiger partial charge in [0.2, 0.25) is 5.95 Å². The van der Waals surface area contributed by atoms with E-state index in [1.165, 1.54) is 0 Å². The minimum Gasteiger partial charge on any atom is -0.338 e. The van der Waals surface area contributed by atoms with Gasteiger partial charge in [-0.15, -0.1) is 0 Å². The lowest BCUT2D eigenvalue weighted by atomic mass is 10.2. The molecular formula is C20H21N9S. The lowest BCUT2D eigenvalue weighted by molar-refractivity contribution is 0.768. The molecule has 3 heterocycles. The first-order valence-electron chi connectivity index (χ1n) is 9.12. The Bertz CT molecular complexity index is 1200. The second-order valence-corrected chi connectivity index (χ2v) is 7.33. The number of aromatic nitrogens is 6. The summed E-state index contributed by atoms with van der Waals surface area (Å²) in [5.41, 5.74) is 4.99. The van der Waals surface area contributed by atoms with Crippen molar-refractivity contribution >= 4 is 57.9 Å². The topological polar surface area (TPSA) is 96.7 Å². The molecule has 0 amide bonds. The predicted molar refractivity (Wildman–Crippen MR) is 123 cm³/mol. The molecule has 3 aromatic heterocycles. The molecule has 4 rings (SSSR count). The first-order valence-corrected chi connectivity index (χ1v) is 10.3. The van der Waals surface area contributed by atoms with Gasteiger partial charge in [-0.2, -0.15) is 10.1 Å². The molecular weight excluding hydrogens is 398 g/mol. The summed E-state index contributed by atoms with van der Waals surface area (Å²) in [4.78, 5) is 18.0. The van der Waals surface area contributed by atoms with E-state index < -0.39 is 0 Å². The molecule has 0 radical (unpaired) electrons. The van der Waals surface area contributed by atoms with Crippen LogP contribution in [0.15, 0.2) is 49.7 Å². The maximum atomic E-state index is 4.65. The minimum absolute atomic E-state index is 0.455. The molecule has 30 heavy (non-hydrogen) atoms. The number of fused-ring (bicyclic) bond motifs is 1. The first-order chi connectivity index (χ1) is 14.6. The van der Waals surface area contributed by atoms with Crippen molar-refractivity contribution in [2.75, 3.05) is 28.2 Å². The van der Waals surface area contributed by atoms with Gasteiger partial charge >= 0.3 is 0 Å². The fraction of sp³-hybridized carbons (Fsp3) is 0.150. The number of nitrogens with zero attached hydrogens (tertiary/aromatic N) is 7. The summed E-state index contributed by atoms with van der Waals surface area (Å²) in [6, 6.07) is 3.91. The smallest absolute Gasteiger partial charge is 0.229 e. The number of anilines is 5. The summed E-state index contributed by atoms with van der Waals surface area (Å²) in [6.45, 7) is 3.88. The van der Waals surface area contributed by atoms with Crippen LogP contribution in [-0.2, 0) is 7.05 Å². The van der Waals surface area contributed by atoms with Crippen LogP contribution >= 0.6 is 11.9 Å². The van der Waals surface area contributed by atoms with E-state index in [1.54, 1.807) is 47.5 Å². The fourth-order valence-corrected chi connectivity index (χ4v) is 3.34. The van der Waals surface area contributed by atoms with Crippen molar-refractivity contribution in [3.63, 3.8) is 0 Å². The SMILES string of the molecule is C=Cc1cnc(Nc2cnn(C)c2)nc1Nc1ccc2nccnc2c1N(C)SC. The Hall–Kier alpha value is -3.66. The highest BCUT2D eigenvalue weighted by atomic mass is 32.2. The molecule has 0 aliphatic heterocycles. The molecule has 0 fully saturated rings. The molecule has 0 bridgehead atoms. The largest absolute Gasteiger partial charge is 0.338 e. The molecule has 0 saturated carbocycles. The highest BCUT2D eigenvalue weighted by Crippen LogP contribution is 2.36. The first kappa shape index (κ1) is 19.6. The third kappa shape index (κ3) is 3.90. The Morgan fingerprint density at radius 3 is 2.70 bits per heavy atom. The molecule has 0 spiro atoms. The zero-order chi connectivity index (χ0) is 21.1. The number of aryl methyl sites for hydroxylation is 1. The van der Waals surface area contributed by atoms with E-state index in [0.717, 1.165) is 33.7 Å².